The van der Waals surface area contributed by atoms with E-state index in [4.69, 9.17) is 4.74 Å². The topological polar surface area (TPSA) is 17.4 Å². The van der Waals surface area contributed by atoms with Crippen molar-refractivity contribution in [1.82, 2.24) is 4.57 Å². The van der Waals surface area contributed by atoms with Gasteiger partial charge in [-0.1, -0.05) is 84.9 Å². The average molecular weight is 481 g/mol. The number of para-hydroxylation sites is 2. The minimum Gasteiger partial charge on any atom is -0.496 e. The number of nitrogens with zero attached hydrogens (tertiary/aromatic N) is 2. The summed E-state index contributed by atoms with van der Waals surface area (Å²) in [4.78, 5) is 2.46. The summed E-state index contributed by atoms with van der Waals surface area (Å²) in [6, 6.07) is 39.5. The van der Waals surface area contributed by atoms with Crippen molar-refractivity contribution in [3.05, 3.63) is 115 Å². The lowest BCUT2D eigenvalue weighted by Gasteiger charge is -2.28. The van der Waals surface area contributed by atoms with Gasteiger partial charge in [0.05, 0.1) is 23.8 Å². The van der Waals surface area contributed by atoms with Crippen molar-refractivity contribution in [2.45, 2.75) is 20.0 Å². The Morgan fingerprint density at radius 1 is 0.568 bits per heavy atom. The molecule has 0 fully saturated rings. The molecule has 1 aliphatic heterocycles. The fraction of sp³-hybridized carbons (Fsp3) is 0.118. The van der Waals surface area contributed by atoms with Crippen molar-refractivity contribution in [2.24, 2.45) is 0 Å². The lowest BCUT2D eigenvalue weighted by molar-refractivity contribution is 0.411. The Morgan fingerprint density at radius 3 is 1.76 bits per heavy atom. The molecule has 0 saturated carbocycles. The Balaban J connectivity index is 1.77. The number of methoxy groups -OCH3 is 1. The molecule has 6 aromatic rings. The van der Waals surface area contributed by atoms with E-state index in [0.29, 0.717) is 0 Å². The maximum absolute atomic E-state index is 5.72. The lowest BCUT2D eigenvalue weighted by atomic mass is 10.0. The molecule has 0 unspecified atom stereocenters. The van der Waals surface area contributed by atoms with Gasteiger partial charge in [0.1, 0.15) is 11.9 Å². The number of hydrogen-bond acceptors (Lipinski definition) is 2. The highest BCUT2D eigenvalue weighted by atomic mass is 16.5. The molecule has 0 aliphatic carbocycles. The first-order chi connectivity index (χ1) is 18.2. The molecule has 0 amide bonds. The predicted octanol–water partition coefficient (Wildman–Crippen LogP) is 9.21. The molecule has 3 heteroatoms. The first-order valence-electron chi connectivity index (χ1n) is 12.8. The van der Waals surface area contributed by atoms with Crippen molar-refractivity contribution in [2.75, 3.05) is 12.0 Å². The Kier molecular flexibility index (Phi) is 4.87. The van der Waals surface area contributed by atoms with E-state index in [2.05, 4.69) is 126 Å². The summed E-state index contributed by atoms with van der Waals surface area (Å²) in [6.07, 6.45) is 0.0560. The third-order valence-electron chi connectivity index (χ3n) is 7.89. The van der Waals surface area contributed by atoms with Crippen molar-refractivity contribution in [1.29, 1.82) is 0 Å². The van der Waals surface area contributed by atoms with Crippen LogP contribution in [0.4, 0.5) is 11.4 Å². The molecule has 1 aliphatic rings. The van der Waals surface area contributed by atoms with Crippen molar-refractivity contribution < 1.29 is 4.74 Å². The summed E-state index contributed by atoms with van der Waals surface area (Å²) in [5.41, 5.74) is 5.96. The Morgan fingerprint density at radius 2 is 1.08 bits per heavy atom. The zero-order chi connectivity index (χ0) is 25.1. The van der Waals surface area contributed by atoms with Gasteiger partial charge in [0.2, 0.25) is 0 Å². The molecular formula is C34H28N2O. The van der Waals surface area contributed by atoms with Crippen LogP contribution in [0.3, 0.4) is 0 Å². The van der Waals surface area contributed by atoms with Gasteiger partial charge in [-0.05, 0) is 59.7 Å². The van der Waals surface area contributed by atoms with E-state index in [1.54, 1.807) is 7.11 Å². The molecule has 0 saturated heterocycles. The Bertz CT molecular complexity index is 1920. The van der Waals surface area contributed by atoms with E-state index in [9.17, 15) is 0 Å². The zero-order valence-corrected chi connectivity index (χ0v) is 21.3. The molecule has 2 heterocycles. The quantitative estimate of drug-likeness (QED) is 0.246. The first-order valence-corrected chi connectivity index (χ1v) is 12.8. The van der Waals surface area contributed by atoms with E-state index in [1.807, 2.05) is 6.07 Å². The van der Waals surface area contributed by atoms with E-state index >= 15 is 0 Å². The molecule has 0 spiro atoms. The van der Waals surface area contributed by atoms with Gasteiger partial charge in [0.15, 0.2) is 0 Å². The number of fused-ring (bicyclic) bond motifs is 7. The summed E-state index contributed by atoms with van der Waals surface area (Å²) in [7, 11) is 1.74. The third kappa shape index (κ3) is 3.07. The third-order valence-corrected chi connectivity index (χ3v) is 7.89. The van der Waals surface area contributed by atoms with Crippen LogP contribution in [0.1, 0.15) is 18.7 Å². The molecule has 180 valence electrons. The van der Waals surface area contributed by atoms with Gasteiger partial charge < -0.3 is 14.2 Å². The zero-order valence-electron chi connectivity index (χ0n) is 21.3. The molecule has 5 aromatic carbocycles. The van der Waals surface area contributed by atoms with Crippen LogP contribution in [0.2, 0.25) is 0 Å². The fourth-order valence-electron chi connectivity index (χ4n) is 6.25. The van der Waals surface area contributed by atoms with Crippen molar-refractivity contribution >= 4 is 54.7 Å². The molecule has 1 aromatic heterocycles. The van der Waals surface area contributed by atoms with Gasteiger partial charge in [0, 0.05) is 22.0 Å². The largest absolute Gasteiger partial charge is 0.496 e. The highest BCUT2D eigenvalue weighted by Gasteiger charge is 2.31. The summed E-state index contributed by atoms with van der Waals surface area (Å²) >= 11 is 0. The number of hydrogen-bond donors (Lipinski definition) is 0. The molecule has 0 bridgehead atoms. The van der Waals surface area contributed by atoms with Crippen LogP contribution >= 0.6 is 0 Å². The van der Waals surface area contributed by atoms with Crippen LogP contribution < -0.4 is 9.64 Å². The van der Waals surface area contributed by atoms with Crippen LogP contribution in [0.15, 0.2) is 109 Å². The average Bonchev–Trinajstić information content (AvgIpc) is 3.26. The summed E-state index contributed by atoms with van der Waals surface area (Å²) in [5.74, 6) is 0.904. The maximum atomic E-state index is 5.72. The molecule has 1 atom stereocenters. The van der Waals surface area contributed by atoms with Crippen LogP contribution in [0.25, 0.3) is 43.4 Å². The number of rotatable bonds is 2. The smallest absolute Gasteiger partial charge is 0.123 e. The van der Waals surface area contributed by atoms with E-state index in [0.717, 1.165) is 17.0 Å². The summed E-state index contributed by atoms with van der Waals surface area (Å²) < 4.78 is 8.24. The molecule has 37 heavy (non-hydrogen) atoms. The van der Waals surface area contributed by atoms with Crippen molar-refractivity contribution in [3.63, 3.8) is 0 Å². The molecule has 0 N–H and O–H groups in total. The molecule has 0 radical (unpaired) electrons. The standard InChI is InChI=1S/C34H28N2O/c1-22-30(19-11-21-33(22)37-3)35-23(2)36-31-18-9-8-16-28(31)26-14-6-4-12-24(26)25-13-5-7-15-27(25)29-17-10-20-32(35)34(29)36/h4-21,23H,1-3H3/t23-/m1/s1. The normalized spacial score (nSPS) is 14.6. The minimum absolute atomic E-state index is 0.0560. The Labute approximate surface area is 216 Å². The van der Waals surface area contributed by atoms with Crippen LogP contribution in [-0.2, 0) is 0 Å². The number of anilines is 2. The monoisotopic (exact) mass is 480 g/mol. The van der Waals surface area contributed by atoms with Crippen LogP contribution in [-0.4, -0.2) is 11.7 Å². The van der Waals surface area contributed by atoms with Gasteiger partial charge in [-0.3, -0.25) is 0 Å². The number of aromatic nitrogens is 1. The first kappa shape index (κ1) is 21.8. The molecular weight excluding hydrogens is 452 g/mol. The van der Waals surface area contributed by atoms with E-state index in [1.165, 1.54) is 49.0 Å². The highest BCUT2D eigenvalue weighted by Crippen LogP contribution is 2.48. The van der Waals surface area contributed by atoms with Crippen LogP contribution in [0, 0.1) is 6.92 Å². The lowest BCUT2D eigenvalue weighted by Crippen LogP contribution is -2.21. The van der Waals surface area contributed by atoms with E-state index < -0.39 is 0 Å². The maximum Gasteiger partial charge on any atom is 0.123 e. The van der Waals surface area contributed by atoms with Gasteiger partial charge in [-0.15, -0.1) is 0 Å². The molecule has 7 rings (SSSR count). The SMILES string of the molecule is COc1cccc(N2c3cccc4c5ccccc5c5ccccc5c5ccccc5n(c34)[C@@H]2C)c1C. The summed E-state index contributed by atoms with van der Waals surface area (Å²) in [6.45, 7) is 4.45. The van der Waals surface area contributed by atoms with Gasteiger partial charge in [0.25, 0.3) is 0 Å². The Hall–Kier alpha value is -4.50. The van der Waals surface area contributed by atoms with E-state index in [-0.39, 0.29) is 6.17 Å². The predicted molar refractivity (Wildman–Crippen MR) is 157 cm³/mol. The second-order valence-electron chi connectivity index (χ2n) is 9.76. The van der Waals surface area contributed by atoms with Crippen molar-refractivity contribution in [3.8, 4) is 5.75 Å². The van der Waals surface area contributed by atoms with Crippen LogP contribution in [0.5, 0.6) is 5.75 Å². The second-order valence-corrected chi connectivity index (χ2v) is 9.76. The molecule has 3 nitrogen and oxygen atoms in total. The highest BCUT2D eigenvalue weighted by molar-refractivity contribution is 6.21. The number of ether oxygens (including phenoxy) is 1. The minimum atomic E-state index is 0.0560. The van der Waals surface area contributed by atoms with Gasteiger partial charge in [-0.2, -0.15) is 0 Å². The summed E-state index contributed by atoms with van der Waals surface area (Å²) in [5, 5.41) is 7.51. The second kappa shape index (κ2) is 8.28. The van der Waals surface area contributed by atoms with Gasteiger partial charge in [-0.25, -0.2) is 0 Å². The fourth-order valence-corrected chi connectivity index (χ4v) is 6.25. The number of benzene rings is 5. The van der Waals surface area contributed by atoms with Gasteiger partial charge >= 0.3 is 0 Å².